The molecule has 0 unspecified atom stereocenters. The van der Waals surface area contributed by atoms with Crippen molar-refractivity contribution in [3.8, 4) is 5.75 Å². The SMILES string of the molecule is COc1cccc(NC(=O)[C@@H](C)N2CCN(S(=O)(=O)c3cccs3)CC2)c1. The monoisotopic (exact) mass is 409 g/mol. The van der Waals surface area contributed by atoms with Crippen molar-refractivity contribution in [3.05, 3.63) is 41.8 Å². The Bertz CT molecular complexity index is 876. The zero-order valence-electron chi connectivity index (χ0n) is 15.3. The minimum absolute atomic E-state index is 0.127. The van der Waals surface area contributed by atoms with Crippen molar-refractivity contribution in [1.29, 1.82) is 0 Å². The molecule has 0 radical (unpaired) electrons. The fraction of sp³-hybridized carbons (Fsp3) is 0.389. The zero-order chi connectivity index (χ0) is 19.4. The summed E-state index contributed by atoms with van der Waals surface area (Å²) in [5.74, 6) is 0.547. The standard InChI is InChI=1S/C18H23N3O4S2/c1-14(18(22)19-15-5-3-6-16(13-15)25-2)20-8-10-21(11-9-20)27(23,24)17-7-4-12-26-17/h3-7,12-14H,8-11H2,1-2H3,(H,19,22)/t14-/m1/s1. The number of thiophene rings is 1. The Morgan fingerprint density at radius 3 is 2.56 bits per heavy atom. The van der Waals surface area contributed by atoms with E-state index in [4.69, 9.17) is 4.74 Å². The van der Waals surface area contributed by atoms with E-state index in [0.717, 1.165) is 0 Å². The van der Waals surface area contributed by atoms with Crippen molar-refractivity contribution in [1.82, 2.24) is 9.21 Å². The highest BCUT2D eigenvalue weighted by molar-refractivity contribution is 7.91. The van der Waals surface area contributed by atoms with Crippen LogP contribution in [0.3, 0.4) is 0 Å². The lowest BCUT2D eigenvalue weighted by Gasteiger charge is -2.36. The first-order valence-electron chi connectivity index (χ1n) is 8.64. The van der Waals surface area contributed by atoms with E-state index in [9.17, 15) is 13.2 Å². The molecule has 1 aromatic heterocycles. The fourth-order valence-corrected chi connectivity index (χ4v) is 5.55. The van der Waals surface area contributed by atoms with E-state index in [-0.39, 0.29) is 11.9 Å². The molecule has 27 heavy (non-hydrogen) atoms. The van der Waals surface area contributed by atoms with E-state index < -0.39 is 10.0 Å². The Hall–Kier alpha value is -1.94. The summed E-state index contributed by atoms with van der Waals surface area (Å²) in [5, 5.41) is 4.64. The molecule has 1 aliphatic heterocycles. The summed E-state index contributed by atoms with van der Waals surface area (Å²) in [6.45, 7) is 3.60. The van der Waals surface area contributed by atoms with Gasteiger partial charge in [0.15, 0.2) is 0 Å². The molecular formula is C18H23N3O4S2. The van der Waals surface area contributed by atoms with Gasteiger partial charge in [-0.25, -0.2) is 8.42 Å². The molecule has 146 valence electrons. The number of carbonyl (C=O) groups excluding carboxylic acids is 1. The van der Waals surface area contributed by atoms with Gasteiger partial charge >= 0.3 is 0 Å². The normalized spacial score (nSPS) is 17.4. The highest BCUT2D eigenvalue weighted by atomic mass is 32.2. The average Bonchev–Trinajstić information content (AvgIpc) is 3.23. The molecule has 1 saturated heterocycles. The molecule has 0 aliphatic carbocycles. The van der Waals surface area contributed by atoms with Gasteiger partial charge in [0.2, 0.25) is 5.91 Å². The number of methoxy groups -OCH3 is 1. The number of sulfonamides is 1. The van der Waals surface area contributed by atoms with E-state index in [1.165, 1.54) is 15.6 Å². The molecule has 3 rings (SSSR count). The smallest absolute Gasteiger partial charge is 0.252 e. The van der Waals surface area contributed by atoms with Crippen LogP contribution in [0.2, 0.25) is 0 Å². The molecule has 1 N–H and O–H groups in total. The maximum atomic E-state index is 12.6. The van der Waals surface area contributed by atoms with Gasteiger partial charge in [0, 0.05) is 37.9 Å². The number of hydrogen-bond acceptors (Lipinski definition) is 6. The Morgan fingerprint density at radius 2 is 1.93 bits per heavy atom. The Morgan fingerprint density at radius 1 is 1.19 bits per heavy atom. The number of rotatable bonds is 6. The maximum absolute atomic E-state index is 12.6. The zero-order valence-corrected chi connectivity index (χ0v) is 16.9. The third-order valence-corrected chi connectivity index (χ3v) is 7.90. The van der Waals surface area contributed by atoms with Crippen molar-refractivity contribution in [2.75, 3.05) is 38.6 Å². The maximum Gasteiger partial charge on any atom is 0.252 e. The van der Waals surface area contributed by atoms with Crippen LogP contribution >= 0.6 is 11.3 Å². The van der Waals surface area contributed by atoms with E-state index >= 15 is 0 Å². The second-order valence-corrected chi connectivity index (χ2v) is 9.38. The third-order valence-electron chi connectivity index (χ3n) is 4.63. The first kappa shape index (κ1) is 19.8. The van der Waals surface area contributed by atoms with Crippen molar-refractivity contribution in [3.63, 3.8) is 0 Å². The summed E-state index contributed by atoms with van der Waals surface area (Å²) >= 11 is 1.22. The van der Waals surface area contributed by atoms with Gasteiger partial charge in [-0.3, -0.25) is 9.69 Å². The molecule has 0 saturated carbocycles. The first-order valence-corrected chi connectivity index (χ1v) is 11.0. The van der Waals surface area contributed by atoms with Crippen LogP contribution < -0.4 is 10.1 Å². The van der Waals surface area contributed by atoms with Crippen LogP contribution in [0.1, 0.15) is 6.92 Å². The van der Waals surface area contributed by atoms with Crippen molar-refractivity contribution in [2.45, 2.75) is 17.2 Å². The van der Waals surface area contributed by atoms with Gasteiger partial charge < -0.3 is 10.1 Å². The lowest BCUT2D eigenvalue weighted by atomic mass is 10.2. The Kier molecular flexibility index (Phi) is 6.15. The number of anilines is 1. The molecule has 0 bridgehead atoms. The molecule has 2 aromatic rings. The summed E-state index contributed by atoms with van der Waals surface area (Å²) in [7, 11) is -1.86. The van der Waals surface area contributed by atoms with Crippen LogP contribution in [-0.4, -0.2) is 62.9 Å². The molecule has 1 amide bonds. The van der Waals surface area contributed by atoms with Crippen molar-refractivity contribution >= 4 is 33.0 Å². The van der Waals surface area contributed by atoms with Gasteiger partial charge in [-0.1, -0.05) is 12.1 Å². The summed E-state index contributed by atoms with van der Waals surface area (Å²) in [6, 6.07) is 10.2. The summed E-state index contributed by atoms with van der Waals surface area (Å²) in [5.41, 5.74) is 0.671. The van der Waals surface area contributed by atoms with E-state index in [1.54, 1.807) is 36.8 Å². The predicted molar refractivity (Wildman–Crippen MR) is 106 cm³/mol. The number of nitrogens with one attached hydrogen (secondary N) is 1. The summed E-state index contributed by atoms with van der Waals surface area (Å²) in [6.07, 6.45) is 0. The largest absolute Gasteiger partial charge is 0.497 e. The van der Waals surface area contributed by atoms with Gasteiger partial charge in [-0.15, -0.1) is 11.3 Å². The lowest BCUT2D eigenvalue weighted by Crippen LogP contribution is -2.53. The summed E-state index contributed by atoms with van der Waals surface area (Å²) in [4.78, 5) is 14.5. The number of ether oxygens (including phenoxy) is 1. The second kappa shape index (κ2) is 8.39. The molecule has 1 fully saturated rings. The summed E-state index contributed by atoms with van der Waals surface area (Å²) < 4.78 is 32.2. The molecule has 0 spiro atoms. The highest BCUT2D eigenvalue weighted by Gasteiger charge is 2.32. The van der Waals surface area contributed by atoms with Crippen molar-refractivity contribution in [2.24, 2.45) is 0 Å². The first-order chi connectivity index (χ1) is 12.9. The topological polar surface area (TPSA) is 79.0 Å². The fourth-order valence-electron chi connectivity index (χ4n) is 2.98. The van der Waals surface area contributed by atoms with Gasteiger partial charge in [0.25, 0.3) is 10.0 Å². The molecule has 1 aliphatic rings. The lowest BCUT2D eigenvalue weighted by molar-refractivity contribution is -0.121. The van der Waals surface area contributed by atoms with Crippen LogP contribution in [0.4, 0.5) is 5.69 Å². The number of benzene rings is 1. The molecular weight excluding hydrogens is 386 g/mol. The van der Waals surface area contributed by atoms with Crippen LogP contribution in [0, 0.1) is 0 Å². The van der Waals surface area contributed by atoms with Crippen LogP contribution in [0.5, 0.6) is 5.75 Å². The molecule has 7 nitrogen and oxygen atoms in total. The third kappa shape index (κ3) is 4.49. The van der Waals surface area contributed by atoms with Gasteiger partial charge in [0.05, 0.1) is 13.2 Å². The number of nitrogens with zero attached hydrogens (tertiary/aromatic N) is 2. The average molecular weight is 410 g/mol. The number of amides is 1. The predicted octanol–water partition coefficient (Wildman–Crippen LogP) is 2.09. The van der Waals surface area contributed by atoms with Crippen LogP contribution in [0.15, 0.2) is 46.0 Å². The Labute approximate surface area is 163 Å². The second-order valence-electron chi connectivity index (χ2n) is 6.27. The minimum Gasteiger partial charge on any atom is -0.497 e. The van der Waals surface area contributed by atoms with Crippen LogP contribution in [0.25, 0.3) is 0 Å². The molecule has 1 aromatic carbocycles. The van der Waals surface area contributed by atoms with Gasteiger partial charge in [-0.05, 0) is 30.5 Å². The van der Waals surface area contributed by atoms with E-state index in [0.29, 0.717) is 41.8 Å². The van der Waals surface area contributed by atoms with Gasteiger partial charge in [-0.2, -0.15) is 4.31 Å². The molecule has 9 heteroatoms. The van der Waals surface area contributed by atoms with Crippen molar-refractivity contribution < 1.29 is 17.9 Å². The number of piperazine rings is 1. The van der Waals surface area contributed by atoms with Crippen LogP contribution in [-0.2, 0) is 14.8 Å². The molecule has 2 heterocycles. The van der Waals surface area contributed by atoms with Gasteiger partial charge in [0.1, 0.15) is 9.96 Å². The van der Waals surface area contributed by atoms with E-state index in [1.807, 2.05) is 24.0 Å². The molecule has 1 atom stereocenters. The minimum atomic E-state index is -3.43. The number of carbonyl (C=O) groups is 1. The highest BCUT2D eigenvalue weighted by Crippen LogP contribution is 2.23. The number of hydrogen-bond donors (Lipinski definition) is 1. The quantitative estimate of drug-likeness (QED) is 0.790. The Balaban J connectivity index is 1.58. The van der Waals surface area contributed by atoms with E-state index in [2.05, 4.69) is 5.32 Å².